The Labute approximate surface area is 128 Å². The molecule has 0 spiro atoms. The van der Waals surface area contributed by atoms with Gasteiger partial charge in [0.2, 0.25) is 0 Å². The Bertz CT molecular complexity index is 408. The maximum Gasteiger partial charge on any atom is 0.170 e. The molecular weight excluding hydrogens is 264 g/mol. The highest BCUT2D eigenvalue weighted by molar-refractivity contribution is 6.22. The van der Waals surface area contributed by atoms with E-state index >= 15 is 0 Å². The van der Waals surface area contributed by atoms with Gasteiger partial charge in [-0.1, -0.05) is 53.9 Å². The third kappa shape index (κ3) is 5.64. The van der Waals surface area contributed by atoms with Gasteiger partial charge in [-0.15, -0.1) is 0 Å². The fourth-order valence-corrected chi connectivity index (χ4v) is 2.99. The lowest BCUT2D eigenvalue weighted by molar-refractivity contribution is -0.127. The topological polar surface area (TPSA) is 54.4 Å². The molecule has 1 unspecified atom stereocenters. The number of carbonyl (C=O) groups is 2. The minimum absolute atomic E-state index is 0.0116. The van der Waals surface area contributed by atoms with Crippen LogP contribution in [0, 0.1) is 17.3 Å². The molecule has 0 aromatic rings. The number of carbonyl (C=O) groups excluding carboxylic acids is 2. The van der Waals surface area contributed by atoms with Crippen LogP contribution in [0.3, 0.4) is 0 Å². The van der Waals surface area contributed by atoms with Gasteiger partial charge in [0, 0.05) is 19.3 Å². The van der Waals surface area contributed by atoms with Crippen molar-refractivity contribution in [3.8, 4) is 0 Å². The molecule has 1 saturated carbocycles. The minimum Gasteiger partial charge on any atom is -0.511 e. The van der Waals surface area contributed by atoms with Crippen LogP contribution in [0.15, 0.2) is 11.3 Å². The van der Waals surface area contributed by atoms with Gasteiger partial charge in [0.1, 0.15) is 5.76 Å². The van der Waals surface area contributed by atoms with Crippen molar-refractivity contribution < 1.29 is 14.7 Å². The Morgan fingerprint density at radius 1 is 1.10 bits per heavy atom. The third-order valence-electron chi connectivity index (χ3n) is 4.14. The lowest BCUT2D eigenvalue weighted by atomic mass is 9.73. The molecule has 1 aliphatic rings. The van der Waals surface area contributed by atoms with E-state index in [0.29, 0.717) is 31.1 Å². The summed E-state index contributed by atoms with van der Waals surface area (Å²) in [5.41, 5.74) is -0.203. The second-order valence-corrected chi connectivity index (χ2v) is 7.82. The molecule has 120 valence electrons. The van der Waals surface area contributed by atoms with Crippen molar-refractivity contribution >= 4 is 11.6 Å². The summed E-state index contributed by atoms with van der Waals surface area (Å²) in [6.07, 6.45) is 4.44. The second kappa shape index (κ2) is 7.24. The van der Waals surface area contributed by atoms with E-state index in [1.807, 2.05) is 13.8 Å². The van der Waals surface area contributed by atoms with E-state index in [4.69, 9.17) is 0 Å². The molecule has 1 aliphatic carbocycles. The van der Waals surface area contributed by atoms with Crippen LogP contribution in [-0.2, 0) is 9.59 Å². The van der Waals surface area contributed by atoms with Crippen LogP contribution in [0.4, 0.5) is 0 Å². The summed E-state index contributed by atoms with van der Waals surface area (Å²) in [6, 6.07) is 0. The Morgan fingerprint density at radius 3 is 2.10 bits per heavy atom. The van der Waals surface area contributed by atoms with Crippen molar-refractivity contribution in [2.45, 2.75) is 73.1 Å². The van der Waals surface area contributed by atoms with Crippen molar-refractivity contribution in [2.75, 3.05) is 0 Å². The maximum atomic E-state index is 12.1. The van der Waals surface area contributed by atoms with Gasteiger partial charge in [-0.2, -0.15) is 0 Å². The highest BCUT2D eigenvalue weighted by atomic mass is 16.3. The van der Waals surface area contributed by atoms with Gasteiger partial charge >= 0.3 is 0 Å². The maximum absolute atomic E-state index is 12.1. The van der Waals surface area contributed by atoms with E-state index < -0.39 is 0 Å². The smallest absolute Gasteiger partial charge is 0.170 e. The summed E-state index contributed by atoms with van der Waals surface area (Å²) in [6.45, 7) is 10.3. The number of rotatable bonds is 6. The zero-order chi connectivity index (χ0) is 16.2. The molecule has 1 atom stereocenters. The van der Waals surface area contributed by atoms with Crippen molar-refractivity contribution in [3.63, 3.8) is 0 Å². The highest BCUT2D eigenvalue weighted by Crippen LogP contribution is 2.35. The van der Waals surface area contributed by atoms with Crippen LogP contribution in [0.2, 0.25) is 0 Å². The van der Waals surface area contributed by atoms with Crippen LogP contribution in [-0.4, -0.2) is 16.7 Å². The minimum atomic E-state index is -0.277. The number of hydrogen-bond acceptors (Lipinski definition) is 3. The lowest BCUT2D eigenvalue weighted by Crippen LogP contribution is -2.32. The van der Waals surface area contributed by atoms with Gasteiger partial charge in [0.25, 0.3) is 0 Å². The summed E-state index contributed by atoms with van der Waals surface area (Å²) in [5.74, 6) is 0.614. The van der Waals surface area contributed by atoms with Crippen LogP contribution in [0.25, 0.3) is 0 Å². The number of aliphatic hydroxyl groups is 1. The van der Waals surface area contributed by atoms with Crippen LogP contribution in [0.1, 0.15) is 73.1 Å². The summed E-state index contributed by atoms with van der Waals surface area (Å²) >= 11 is 0. The molecule has 1 rings (SSSR count). The van der Waals surface area contributed by atoms with Crippen molar-refractivity contribution in [1.29, 1.82) is 0 Å². The molecule has 0 aromatic heterocycles. The molecule has 0 amide bonds. The zero-order valence-corrected chi connectivity index (χ0v) is 14.2. The summed E-state index contributed by atoms with van der Waals surface area (Å²) in [7, 11) is 0. The number of hydrogen-bond donors (Lipinski definition) is 1. The average molecular weight is 294 g/mol. The largest absolute Gasteiger partial charge is 0.511 e. The number of ketones is 2. The molecule has 1 fully saturated rings. The Kier molecular flexibility index (Phi) is 6.18. The Hall–Kier alpha value is -1.12. The third-order valence-corrected chi connectivity index (χ3v) is 4.14. The SMILES string of the molecule is CC(C)CCCC(C)CC(O)=C1C(=O)CC(C)(C)CC1=O. The van der Waals surface area contributed by atoms with Crippen LogP contribution < -0.4 is 0 Å². The molecule has 3 heteroatoms. The number of allylic oxidation sites excluding steroid dienone is 2. The molecule has 0 radical (unpaired) electrons. The van der Waals surface area contributed by atoms with Crippen molar-refractivity contribution in [2.24, 2.45) is 17.3 Å². The number of aliphatic hydroxyl groups excluding tert-OH is 1. The van der Waals surface area contributed by atoms with Gasteiger partial charge in [-0.05, 0) is 17.3 Å². The fraction of sp³-hybridized carbons (Fsp3) is 0.778. The van der Waals surface area contributed by atoms with Gasteiger partial charge < -0.3 is 5.11 Å². The molecule has 0 heterocycles. The van der Waals surface area contributed by atoms with Crippen molar-refractivity contribution in [3.05, 3.63) is 11.3 Å². The first-order chi connectivity index (χ1) is 9.62. The van der Waals surface area contributed by atoms with E-state index in [1.165, 1.54) is 6.42 Å². The highest BCUT2D eigenvalue weighted by Gasteiger charge is 2.37. The second-order valence-electron chi connectivity index (χ2n) is 7.82. The quantitative estimate of drug-likeness (QED) is 0.442. The Balaban J connectivity index is 2.65. The predicted octanol–water partition coefficient (Wildman–Crippen LogP) is 4.61. The lowest BCUT2D eigenvalue weighted by Gasteiger charge is -2.29. The van der Waals surface area contributed by atoms with E-state index in [-0.39, 0.29) is 28.3 Å². The number of Topliss-reactive ketones (excluding diaryl/α,β-unsaturated/α-hetero) is 2. The molecule has 0 aliphatic heterocycles. The molecule has 0 saturated heterocycles. The van der Waals surface area contributed by atoms with Gasteiger partial charge in [0.15, 0.2) is 11.6 Å². The first-order valence-corrected chi connectivity index (χ1v) is 8.11. The van der Waals surface area contributed by atoms with E-state index in [2.05, 4.69) is 20.8 Å². The molecule has 1 N–H and O–H groups in total. The first kappa shape index (κ1) is 17.9. The van der Waals surface area contributed by atoms with E-state index in [1.54, 1.807) is 0 Å². The van der Waals surface area contributed by atoms with E-state index in [0.717, 1.165) is 12.8 Å². The molecule has 0 bridgehead atoms. The average Bonchev–Trinajstić information content (AvgIpc) is 2.24. The monoisotopic (exact) mass is 294 g/mol. The van der Waals surface area contributed by atoms with Crippen LogP contribution >= 0.6 is 0 Å². The summed E-state index contributed by atoms with van der Waals surface area (Å²) < 4.78 is 0. The fourth-order valence-electron chi connectivity index (χ4n) is 2.99. The summed E-state index contributed by atoms with van der Waals surface area (Å²) in [4.78, 5) is 24.2. The Morgan fingerprint density at radius 2 is 1.62 bits per heavy atom. The summed E-state index contributed by atoms with van der Waals surface area (Å²) in [5, 5.41) is 10.2. The van der Waals surface area contributed by atoms with Gasteiger partial charge in [-0.3, -0.25) is 9.59 Å². The zero-order valence-electron chi connectivity index (χ0n) is 14.2. The standard InChI is InChI=1S/C18H30O3/c1-12(2)7-6-8-13(3)9-14(19)17-15(20)10-18(4,5)11-16(17)21/h12-13,19H,6-11H2,1-5H3. The van der Waals surface area contributed by atoms with E-state index in [9.17, 15) is 14.7 Å². The van der Waals surface area contributed by atoms with Crippen LogP contribution in [0.5, 0.6) is 0 Å². The predicted molar refractivity (Wildman–Crippen MR) is 85.2 cm³/mol. The van der Waals surface area contributed by atoms with Gasteiger partial charge in [-0.25, -0.2) is 0 Å². The van der Waals surface area contributed by atoms with Crippen molar-refractivity contribution in [1.82, 2.24) is 0 Å². The molecule has 3 nitrogen and oxygen atoms in total. The first-order valence-electron chi connectivity index (χ1n) is 8.11. The molecular formula is C18H30O3. The van der Waals surface area contributed by atoms with Gasteiger partial charge in [0.05, 0.1) is 5.57 Å². The normalized spacial score (nSPS) is 20.0. The molecule has 21 heavy (non-hydrogen) atoms. The molecule has 0 aromatic carbocycles.